The third-order valence-electron chi connectivity index (χ3n) is 4.33. The van der Waals surface area contributed by atoms with Crippen LogP contribution >= 0.6 is 0 Å². The van der Waals surface area contributed by atoms with Gasteiger partial charge in [0.1, 0.15) is 18.3 Å². The molecular weight excluding hydrogens is 323 g/mol. The molecule has 0 aromatic carbocycles. The Morgan fingerprint density at radius 3 is 2.67 bits per heavy atom. The van der Waals surface area contributed by atoms with Crippen molar-refractivity contribution in [2.45, 2.75) is 51.3 Å². The summed E-state index contributed by atoms with van der Waals surface area (Å²) in [5.41, 5.74) is -5.90. The Kier molecular flexibility index (Phi) is 4.69. The topological polar surface area (TPSA) is 111 Å². The summed E-state index contributed by atoms with van der Waals surface area (Å²) in [6.45, 7) is 5.20. The SMILES string of the molecule is CC(C)C(=O)OC[C@H]1O[C@H](n2ccc(=O)[nH]c2=O)[C@](C)(F)[C@@]1(C)O. The average molecular weight is 344 g/mol. The summed E-state index contributed by atoms with van der Waals surface area (Å²) in [6, 6.07) is 1.04. The van der Waals surface area contributed by atoms with Crippen LogP contribution in [0.4, 0.5) is 4.39 Å². The molecule has 24 heavy (non-hydrogen) atoms. The van der Waals surface area contributed by atoms with Crippen LogP contribution < -0.4 is 11.2 Å². The first-order chi connectivity index (χ1) is 11.0. The van der Waals surface area contributed by atoms with Crippen LogP contribution in [0.5, 0.6) is 0 Å². The molecule has 0 spiro atoms. The number of aromatic nitrogens is 2. The fourth-order valence-electron chi connectivity index (χ4n) is 2.45. The number of alkyl halides is 1. The number of carbonyl (C=O) groups is 1. The van der Waals surface area contributed by atoms with Crippen LogP contribution in [0.15, 0.2) is 21.9 Å². The Labute approximate surface area is 137 Å². The van der Waals surface area contributed by atoms with E-state index in [1.54, 1.807) is 13.8 Å². The zero-order valence-electron chi connectivity index (χ0n) is 13.9. The zero-order chi connectivity index (χ0) is 18.3. The molecule has 1 saturated heterocycles. The number of rotatable bonds is 4. The van der Waals surface area contributed by atoms with Crippen molar-refractivity contribution in [2.75, 3.05) is 6.61 Å². The van der Waals surface area contributed by atoms with E-state index < -0.39 is 40.8 Å². The molecule has 1 aromatic rings. The lowest BCUT2D eigenvalue weighted by atomic mass is 9.84. The molecule has 2 heterocycles. The van der Waals surface area contributed by atoms with E-state index >= 15 is 4.39 Å². The Balaban J connectivity index is 2.30. The number of hydrogen-bond acceptors (Lipinski definition) is 6. The predicted molar refractivity (Wildman–Crippen MR) is 81.2 cm³/mol. The second kappa shape index (κ2) is 6.14. The number of H-pyrrole nitrogens is 1. The second-order valence-corrected chi connectivity index (χ2v) is 6.50. The fourth-order valence-corrected chi connectivity index (χ4v) is 2.45. The fraction of sp³-hybridized carbons (Fsp3) is 0.667. The van der Waals surface area contributed by atoms with E-state index in [0.29, 0.717) is 0 Å². The first-order valence-corrected chi connectivity index (χ1v) is 7.53. The third kappa shape index (κ3) is 3.01. The highest BCUT2D eigenvalue weighted by Crippen LogP contribution is 2.47. The van der Waals surface area contributed by atoms with Gasteiger partial charge in [-0.3, -0.25) is 19.1 Å². The van der Waals surface area contributed by atoms with Gasteiger partial charge in [0.25, 0.3) is 5.56 Å². The van der Waals surface area contributed by atoms with Gasteiger partial charge in [-0.2, -0.15) is 0 Å². The largest absolute Gasteiger partial charge is 0.463 e. The standard InChI is InChI=1S/C15H21FN2O6/c1-8(2)11(20)23-7-9-15(4,22)14(3,16)12(24-9)18-6-5-10(19)17-13(18)21/h5-6,8-9,12,22H,7H2,1-4H3,(H,17,19,21)/t9-,12+,14+,15+/m1/s1. The number of aromatic amines is 1. The number of aliphatic hydroxyl groups is 1. The number of nitrogens with one attached hydrogen (secondary N) is 1. The van der Waals surface area contributed by atoms with Gasteiger partial charge in [0.05, 0.1) is 5.92 Å². The molecule has 0 saturated carbocycles. The van der Waals surface area contributed by atoms with E-state index in [2.05, 4.69) is 0 Å². The van der Waals surface area contributed by atoms with Gasteiger partial charge in [0.2, 0.25) is 0 Å². The van der Waals surface area contributed by atoms with Crippen LogP contribution in [0.25, 0.3) is 0 Å². The van der Waals surface area contributed by atoms with Gasteiger partial charge in [-0.15, -0.1) is 0 Å². The van der Waals surface area contributed by atoms with Crippen LogP contribution in [0, 0.1) is 5.92 Å². The van der Waals surface area contributed by atoms with Crippen molar-refractivity contribution in [3.63, 3.8) is 0 Å². The lowest BCUT2D eigenvalue weighted by molar-refractivity contribution is -0.157. The summed E-state index contributed by atoms with van der Waals surface area (Å²) in [5.74, 6) is -0.898. The minimum Gasteiger partial charge on any atom is -0.463 e. The van der Waals surface area contributed by atoms with Gasteiger partial charge in [0, 0.05) is 12.3 Å². The maximum Gasteiger partial charge on any atom is 0.330 e. The summed E-state index contributed by atoms with van der Waals surface area (Å²) in [6.07, 6.45) is -1.58. The van der Waals surface area contributed by atoms with Gasteiger partial charge in [0.15, 0.2) is 11.9 Å². The average Bonchev–Trinajstić information content (AvgIpc) is 2.63. The summed E-state index contributed by atoms with van der Waals surface area (Å²) < 4.78 is 26.5. The van der Waals surface area contributed by atoms with Gasteiger partial charge in [-0.05, 0) is 13.8 Å². The van der Waals surface area contributed by atoms with Crippen LogP contribution in [-0.2, 0) is 14.3 Å². The first kappa shape index (κ1) is 18.3. The smallest absolute Gasteiger partial charge is 0.330 e. The Morgan fingerprint density at radius 1 is 1.50 bits per heavy atom. The first-order valence-electron chi connectivity index (χ1n) is 7.53. The van der Waals surface area contributed by atoms with Gasteiger partial charge < -0.3 is 14.6 Å². The van der Waals surface area contributed by atoms with Crippen molar-refractivity contribution >= 4 is 5.97 Å². The summed E-state index contributed by atoms with van der Waals surface area (Å²) in [7, 11) is 0. The Hall–Kier alpha value is -2.00. The maximum absolute atomic E-state index is 15.2. The minimum atomic E-state index is -2.37. The van der Waals surface area contributed by atoms with Crippen LogP contribution in [-0.4, -0.2) is 44.6 Å². The molecule has 8 nitrogen and oxygen atoms in total. The highest BCUT2D eigenvalue weighted by Gasteiger charge is 2.63. The molecule has 1 aromatic heterocycles. The molecule has 0 unspecified atom stereocenters. The number of carbonyl (C=O) groups excluding carboxylic acids is 1. The molecule has 1 fully saturated rings. The van der Waals surface area contributed by atoms with Crippen molar-refractivity contribution in [3.8, 4) is 0 Å². The summed E-state index contributed by atoms with van der Waals surface area (Å²) >= 11 is 0. The van der Waals surface area contributed by atoms with E-state index in [1.807, 2.05) is 4.98 Å². The lowest BCUT2D eigenvalue weighted by Crippen LogP contribution is -2.53. The second-order valence-electron chi connectivity index (χ2n) is 6.50. The number of esters is 1. The molecule has 1 aliphatic rings. The third-order valence-corrected chi connectivity index (χ3v) is 4.33. The Bertz CT molecular complexity index is 736. The zero-order valence-corrected chi connectivity index (χ0v) is 13.9. The normalized spacial score (nSPS) is 33.0. The van der Waals surface area contributed by atoms with Crippen molar-refractivity contribution in [3.05, 3.63) is 33.1 Å². The molecule has 2 N–H and O–H groups in total. The monoisotopic (exact) mass is 344 g/mol. The molecule has 9 heteroatoms. The molecule has 0 aliphatic carbocycles. The number of halogens is 1. The van der Waals surface area contributed by atoms with Crippen molar-refractivity contribution in [2.24, 2.45) is 5.92 Å². The molecule has 0 amide bonds. The van der Waals surface area contributed by atoms with Crippen LogP contribution in [0.2, 0.25) is 0 Å². The summed E-state index contributed by atoms with van der Waals surface area (Å²) in [4.78, 5) is 36.6. The van der Waals surface area contributed by atoms with Gasteiger partial charge >= 0.3 is 11.7 Å². The van der Waals surface area contributed by atoms with Gasteiger partial charge in [-0.25, -0.2) is 9.18 Å². The lowest BCUT2D eigenvalue weighted by Gasteiger charge is -2.33. The highest BCUT2D eigenvalue weighted by molar-refractivity contribution is 5.71. The van der Waals surface area contributed by atoms with Crippen molar-refractivity contribution < 1.29 is 23.8 Å². The molecule has 0 bridgehead atoms. The molecule has 0 radical (unpaired) electrons. The van der Waals surface area contributed by atoms with E-state index in [0.717, 1.165) is 23.8 Å². The Morgan fingerprint density at radius 2 is 2.12 bits per heavy atom. The molecule has 134 valence electrons. The maximum atomic E-state index is 15.2. The van der Waals surface area contributed by atoms with Crippen molar-refractivity contribution in [1.82, 2.24) is 9.55 Å². The number of hydrogen-bond donors (Lipinski definition) is 2. The molecule has 1 aliphatic heterocycles. The van der Waals surface area contributed by atoms with Gasteiger partial charge in [-0.1, -0.05) is 13.8 Å². The summed E-state index contributed by atoms with van der Waals surface area (Å²) in [5, 5.41) is 10.5. The molecule has 4 atom stereocenters. The van der Waals surface area contributed by atoms with Crippen LogP contribution in [0.1, 0.15) is 33.9 Å². The van der Waals surface area contributed by atoms with Crippen LogP contribution in [0.3, 0.4) is 0 Å². The number of nitrogens with zero attached hydrogens (tertiary/aromatic N) is 1. The van der Waals surface area contributed by atoms with E-state index in [4.69, 9.17) is 9.47 Å². The molecule has 2 rings (SSSR count). The molecular formula is C15H21FN2O6. The quantitative estimate of drug-likeness (QED) is 0.750. The van der Waals surface area contributed by atoms with E-state index in [-0.39, 0.29) is 12.5 Å². The predicted octanol–water partition coefficient (Wildman–Crippen LogP) is 0.112. The van der Waals surface area contributed by atoms with E-state index in [9.17, 15) is 19.5 Å². The van der Waals surface area contributed by atoms with E-state index in [1.165, 1.54) is 6.92 Å². The minimum absolute atomic E-state index is 0.363. The highest BCUT2D eigenvalue weighted by atomic mass is 19.1. The van der Waals surface area contributed by atoms with Crippen molar-refractivity contribution in [1.29, 1.82) is 0 Å². The number of ether oxygens (including phenoxy) is 2.